The molecule has 1 fully saturated rings. The average molecular weight is 378 g/mol. The van der Waals surface area contributed by atoms with Gasteiger partial charge in [0.15, 0.2) is 0 Å². The summed E-state index contributed by atoms with van der Waals surface area (Å²) in [4.78, 5) is 9.18. The molecular formula is C15H12Cl2F3N3O. The molecule has 3 rings (SSSR count). The summed E-state index contributed by atoms with van der Waals surface area (Å²) < 4.78 is 44.0. The van der Waals surface area contributed by atoms with E-state index in [0.717, 1.165) is 12.3 Å². The summed E-state index contributed by atoms with van der Waals surface area (Å²) in [5, 5.41) is 0.805. The third-order valence-electron chi connectivity index (χ3n) is 3.55. The van der Waals surface area contributed by atoms with Crippen LogP contribution in [0.5, 0.6) is 5.75 Å². The first-order valence-electron chi connectivity index (χ1n) is 7.10. The van der Waals surface area contributed by atoms with Crippen LogP contribution in [0.2, 0.25) is 10.0 Å². The average Bonchev–Trinajstić information content (AvgIpc) is 2.99. The van der Waals surface area contributed by atoms with Gasteiger partial charge in [0.05, 0.1) is 16.6 Å². The molecule has 1 atom stereocenters. The third kappa shape index (κ3) is 3.84. The number of hydrogen-bond acceptors (Lipinski definition) is 4. The highest BCUT2D eigenvalue weighted by Gasteiger charge is 2.34. The number of rotatable bonds is 3. The van der Waals surface area contributed by atoms with Gasteiger partial charge in [0.1, 0.15) is 17.5 Å². The van der Waals surface area contributed by atoms with E-state index >= 15 is 0 Å². The van der Waals surface area contributed by atoms with Crippen molar-refractivity contribution in [2.75, 3.05) is 18.0 Å². The molecule has 2 heterocycles. The Morgan fingerprint density at radius 2 is 1.96 bits per heavy atom. The molecule has 0 N–H and O–H groups in total. The summed E-state index contributed by atoms with van der Waals surface area (Å²) in [5.41, 5.74) is -0.957. The predicted molar refractivity (Wildman–Crippen MR) is 84.7 cm³/mol. The molecule has 0 saturated carbocycles. The van der Waals surface area contributed by atoms with Gasteiger partial charge in [-0.1, -0.05) is 23.2 Å². The van der Waals surface area contributed by atoms with E-state index in [2.05, 4.69) is 9.97 Å². The summed E-state index contributed by atoms with van der Waals surface area (Å²) in [6, 6.07) is 5.77. The van der Waals surface area contributed by atoms with Gasteiger partial charge >= 0.3 is 6.18 Å². The van der Waals surface area contributed by atoms with Crippen molar-refractivity contribution >= 4 is 29.2 Å². The highest BCUT2D eigenvalue weighted by atomic mass is 35.5. The zero-order valence-electron chi connectivity index (χ0n) is 12.2. The van der Waals surface area contributed by atoms with Crippen molar-refractivity contribution in [2.24, 2.45) is 0 Å². The zero-order valence-corrected chi connectivity index (χ0v) is 13.7. The molecular weight excluding hydrogens is 366 g/mol. The molecule has 1 aliphatic heterocycles. The lowest BCUT2D eigenvalue weighted by Gasteiger charge is -2.18. The Bertz CT molecular complexity index is 742. The lowest BCUT2D eigenvalue weighted by molar-refractivity contribution is -0.141. The van der Waals surface area contributed by atoms with Crippen LogP contribution in [0.25, 0.3) is 0 Å². The molecule has 0 radical (unpaired) electrons. The summed E-state index contributed by atoms with van der Waals surface area (Å²) in [6.07, 6.45) is -2.94. The second kappa shape index (κ2) is 6.64. The minimum atomic E-state index is -4.49. The first kappa shape index (κ1) is 17.1. The van der Waals surface area contributed by atoms with Gasteiger partial charge < -0.3 is 9.64 Å². The Morgan fingerprint density at radius 1 is 1.17 bits per heavy atom. The van der Waals surface area contributed by atoms with Gasteiger partial charge in [0.25, 0.3) is 0 Å². The van der Waals surface area contributed by atoms with Gasteiger partial charge in [-0.05, 0) is 18.2 Å². The Balaban J connectivity index is 1.68. The largest absolute Gasteiger partial charge is 0.488 e. The van der Waals surface area contributed by atoms with E-state index in [9.17, 15) is 13.2 Å². The number of anilines is 1. The maximum absolute atomic E-state index is 12.7. The van der Waals surface area contributed by atoms with Crippen LogP contribution < -0.4 is 9.64 Å². The van der Waals surface area contributed by atoms with Crippen LogP contribution in [0, 0.1) is 0 Å². The Morgan fingerprint density at radius 3 is 2.67 bits per heavy atom. The molecule has 1 aromatic heterocycles. The van der Waals surface area contributed by atoms with E-state index in [1.54, 1.807) is 23.1 Å². The van der Waals surface area contributed by atoms with E-state index in [0.29, 0.717) is 35.3 Å². The second-order valence-electron chi connectivity index (χ2n) is 5.29. The van der Waals surface area contributed by atoms with E-state index in [4.69, 9.17) is 27.9 Å². The Kier molecular flexibility index (Phi) is 4.73. The highest BCUT2D eigenvalue weighted by Crippen LogP contribution is 2.30. The van der Waals surface area contributed by atoms with Gasteiger partial charge in [-0.25, -0.2) is 9.97 Å². The van der Waals surface area contributed by atoms with Crippen molar-refractivity contribution in [1.82, 2.24) is 9.97 Å². The molecule has 24 heavy (non-hydrogen) atoms. The van der Waals surface area contributed by atoms with Crippen LogP contribution in [0.15, 0.2) is 30.5 Å². The number of hydrogen-bond donors (Lipinski definition) is 0. The minimum Gasteiger partial charge on any atom is -0.488 e. The van der Waals surface area contributed by atoms with Gasteiger partial charge in [-0.15, -0.1) is 0 Å². The molecule has 1 aliphatic rings. The highest BCUT2D eigenvalue weighted by molar-refractivity contribution is 6.42. The third-order valence-corrected chi connectivity index (χ3v) is 4.29. The smallest absolute Gasteiger partial charge is 0.433 e. The summed E-state index contributed by atoms with van der Waals surface area (Å²) in [7, 11) is 0. The zero-order chi connectivity index (χ0) is 17.3. The van der Waals surface area contributed by atoms with Crippen LogP contribution in [0.1, 0.15) is 12.1 Å². The number of halogens is 5. The number of benzene rings is 1. The summed E-state index contributed by atoms with van der Waals surface area (Å²) in [6.45, 7) is 0.898. The van der Waals surface area contributed by atoms with Crippen molar-refractivity contribution in [2.45, 2.75) is 18.7 Å². The standard InChI is InChI=1S/C15H12Cl2F3N3O/c16-11-2-1-9(7-12(11)17)24-10-4-6-23(8-10)14-21-5-3-13(22-14)15(18,19)20/h1-3,5,7,10H,4,6,8H2. The molecule has 1 saturated heterocycles. The van der Waals surface area contributed by atoms with Crippen molar-refractivity contribution in [1.29, 1.82) is 0 Å². The molecule has 0 spiro atoms. The Hall–Kier alpha value is -1.73. The van der Waals surface area contributed by atoms with Crippen molar-refractivity contribution < 1.29 is 17.9 Å². The van der Waals surface area contributed by atoms with Gasteiger partial charge in [-0.2, -0.15) is 13.2 Å². The maximum Gasteiger partial charge on any atom is 0.433 e. The summed E-state index contributed by atoms with van der Waals surface area (Å²) >= 11 is 11.8. The first-order chi connectivity index (χ1) is 11.3. The van der Waals surface area contributed by atoms with E-state index in [-0.39, 0.29) is 12.1 Å². The lowest BCUT2D eigenvalue weighted by atomic mass is 10.3. The maximum atomic E-state index is 12.7. The van der Waals surface area contributed by atoms with Crippen LogP contribution in [-0.4, -0.2) is 29.2 Å². The van der Waals surface area contributed by atoms with Crippen molar-refractivity contribution in [3.63, 3.8) is 0 Å². The monoisotopic (exact) mass is 377 g/mol. The molecule has 9 heteroatoms. The fourth-order valence-corrected chi connectivity index (χ4v) is 2.70. The van der Waals surface area contributed by atoms with Crippen molar-refractivity contribution in [3.05, 3.63) is 46.2 Å². The molecule has 1 aromatic carbocycles. The van der Waals surface area contributed by atoms with E-state index < -0.39 is 11.9 Å². The molecule has 4 nitrogen and oxygen atoms in total. The topological polar surface area (TPSA) is 38.2 Å². The van der Waals surface area contributed by atoms with E-state index in [1.807, 2.05) is 0 Å². The molecule has 128 valence electrons. The normalized spacial score (nSPS) is 18.0. The number of ether oxygens (including phenoxy) is 1. The lowest BCUT2D eigenvalue weighted by Crippen LogP contribution is -2.26. The predicted octanol–water partition coefficient (Wildman–Crippen LogP) is 4.46. The van der Waals surface area contributed by atoms with Crippen molar-refractivity contribution in [3.8, 4) is 5.75 Å². The second-order valence-corrected chi connectivity index (χ2v) is 6.10. The number of nitrogens with zero attached hydrogens (tertiary/aromatic N) is 3. The van der Waals surface area contributed by atoms with Crippen LogP contribution in [0.4, 0.5) is 19.1 Å². The number of aromatic nitrogens is 2. The minimum absolute atomic E-state index is 0.0464. The fraction of sp³-hybridized carbons (Fsp3) is 0.333. The fourth-order valence-electron chi connectivity index (χ4n) is 2.41. The van der Waals surface area contributed by atoms with Gasteiger partial charge in [0.2, 0.25) is 5.95 Å². The molecule has 0 aliphatic carbocycles. The summed E-state index contributed by atoms with van der Waals surface area (Å²) in [5.74, 6) is 0.603. The number of alkyl halides is 3. The van der Waals surface area contributed by atoms with Crippen LogP contribution in [-0.2, 0) is 6.18 Å². The van der Waals surface area contributed by atoms with E-state index in [1.165, 1.54) is 0 Å². The van der Waals surface area contributed by atoms with Crippen LogP contribution in [0.3, 0.4) is 0 Å². The first-order valence-corrected chi connectivity index (χ1v) is 7.85. The molecule has 0 bridgehead atoms. The van der Waals surface area contributed by atoms with Gasteiger partial charge in [0, 0.05) is 25.2 Å². The Labute approximate surface area is 146 Å². The quantitative estimate of drug-likeness (QED) is 0.791. The SMILES string of the molecule is FC(F)(F)c1ccnc(N2CCC(Oc3ccc(Cl)c(Cl)c3)C2)n1. The molecule has 2 aromatic rings. The van der Waals surface area contributed by atoms with Crippen LogP contribution >= 0.6 is 23.2 Å². The molecule has 1 unspecified atom stereocenters. The molecule has 0 amide bonds. The van der Waals surface area contributed by atoms with Gasteiger partial charge in [-0.3, -0.25) is 0 Å².